The standard InChI is InChI=1S/Li.H4N2O3S.H/c;1-5-6(2,3)4;/h;1H2,(H2,2,3,4);. The molecule has 7 heteroatoms. The first-order valence-electron chi connectivity index (χ1n) is 0.971. The molecule has 0 saturated carbocycles. The van der Waals surface area contributed by atoms with E-state index < -0.39 is 10.3 Å². The maximum absolute atomic E-state index is 9.43. The number of nitrogens with two attached hydrogens (primary N) is 2. The summed E-state index contributed by atoms with van der Waals surface area (Å²) < 4.78 is 22.0. The van der Waals surface area contributed by atoms with Gasteiger partial charge in [0.15, 0.2) is 0 Å². The molecule has 0 atom stereocenters. The molecular formula is H5LiN2O3S. The van der Waals surface area contributed by atoms with E-state index >= 15 is 0 Å². The van der Waals surface area contributed by atoms with Crippen molar-refractivity contribution < 1.29 is 12.7 Å². The molecule has 0 aromatic rings. The van der Waals surface area contributed by atoms with Crippen LogP contribution in [0, 0.1) is 0 Å². The number of hydrogen-bond acceptors (Lipinski definition) is 4. The molecule has 0 unspecified atom stereocenters. The fraction of sp³-hybridized carbons (Fsp3) is 0. The summed E-state index contributed by atoms with van der Waals surface area (Å²) in [6.45, 7) is 0. The van der Waals surface area contributed by atoms with Gasteiger partial charge in [0.05, 0.1) is 0 Å². The van der Waals surface area contributed by atoms with Crippen LogP contribution in [-0.4, -0.2) is 27.3 Å². The average Bonchev–Trinajstić information content (AvgIpc) is 1.35. The summed E-state index contributed by atoms with van der Waals surface area (Å²) in [5.41, 5.74) is 0. The van der Waals surface area contributed by atoms with Crippen LogP contribution in [0.5, 0.6) is 0 Å². The van der Waals surface area contributed by atoms with E-state index in [1.54, 1.807) is 0 Å². The molecule has 7 heavy (non-hydrogen) atoms. The summed E-state index contributed by atoms with van der Waals surface area (Å²) >= 11 is 0. The molecule has 0 fully saturated rings. The monoisotopic (exact) mass is 120 g/mol. The molecule has 0 aromatic carbocycles. The van der Waals surface area contributed by atoms with Crippen molar-refractivity contribution in [3.63, 3.8) is 0 Å². The van der Waals surface area contributed by atoms with Crippen LogP contribution >= 0.6 is 0 Å². The molecule has 4 N–H and O–H groups in total. The Kier molecular flexibility index (Phi) is 5.11. The quantitative estimate of drug-likeness (QED) is 0.293. The molecule has 0 heterocycles. The molecule has 0 radical (unpaired) electrons. The minimum absolute atomic E-state index is 0. The predicted octanol–water partition coefficient (Wildman–Crippen LogP) is -2.57. The van der Waals surface area contributed by atoms with Gasteiger partial charge < -0.3 is 0 Å². The first kappa shape index (κ1) is 10.4. The Bertz CT molecular complexity index is 115. The predicted molar refractivity (Wildman–Crippen MR) is 25.5 cm³/mol. The summed E-state index contributed by atoms with van der Waals surface area (Å²) in [4.78, 5) is 0. The maximum atomic E-state index is 9.43. The Morgan fingerprint density at radius 2 is 1.57 bits per heavy atom. The van der Waals surface area contributed by atoms with Crippen LogP contribution in [0.3, 0.4) is 0 Å². The van der Waals surface area contributed by atoms with Crippen molar-refractivity contribution in [2.24, 2.45) is 11.0 Å². The Hall–Kier alpha value is 0.427. The Morgan fingerprint density at radius 3 is 1.57 bits per heavy atom. The molecule has 0 saturated heterocycles. The van der Waals surface area contributed by atoms with Gasteiger partial charge in [-0.1, -0.05) is 0 Å². The van der Waals surface area contributed by atoms with Crippen molar-refractivity contribution in [2.45, 2.75) is 0 Å². The third kappa shape index (κ3) is 10.7. The van der Waals surface area contributed by atoms with E-state index in [9.17, 15) is 8.42 Å². The average molecular weight is 120 g/mol. The van der Waals surface area contributed by atoms with Gasteiger partial charge in [0.1, 0.15) is 0 Å². The SMILES string of the molecule is NOS(N)(=O)=O.[LiH]. The van der Waals surface area contributed by atoms with Gasteiger partial charge in [-0.3, -0.25) is 0 Å². The fourth-order valence-electron chi connectivity index (χ4n) is 0. The van der Waals surface area contributed by atoms with E-state index in [4.69, 9.17) is 0 Å². The fourth-order valence-corrected chi connectivity index (χ4v) is 0. The second-order valence-corrected chi connectivity index (χ2v) is 1.77. The van der Waals surface area contributed by atoms with Gasteiger partial charge in [-0.2, -0.15) is 18.6 Å². The molecule has 0 rings (SSSR count). The third-order valence-corrected chi connectivity index (χ3v) is 0.402. The zero-order valence-electron chi connectivity index (χ0n) is 2.79. The van der Waals surface area contributed by atoms with Gasteiger partial charge in [-0.15, -0.1) is 0 Å². The van der Waals surface area contributed by atoms with Gasteiger partial charge in [0.25, 0.3) is 0 Å². The summed E-state index contributed by atoms with van der Waals surface area (Å²) in [5, 5.41) is 4.16. The van der Waals surface area contributed by atoms with Gasteiger partial charge in [-0.05, 0) is 0 Å². The van der Waals surface area contributed by atoms with Crippen molar-refractivity contribution in [1.29, 1.82) is 0 Å². The second-order valence-electron chi connectivity index (χ2n) is 0.589. The molecule has 0 amide bonds. The van der Waals surface area contributed by atoms with Gasteiger partial charge >= 0.3 is 29.2 Å². The minimum atomic E-state index is -3.88. The first-order chi connectivity index (χ1) is 2.56. The van der Waals surface area contributed by atoms with Crippen molar-refractivity contribution >= 4 is 29.2 Å². The molecule has 5 nitrogen and oxygen atoms in total. The summed E-state index contributed by atoms with van der Waals surface area (Å²) in [5.74, 6) is 4.09. The van der Waals surface area contributed by atoms with E-state index in [0.29, 0.717) is 0 Å². The molecule has 0 bridgehead atoms. The van der Waals surface area contributed by atoms with Crippen LogP contribution in [0.1, 0.15) is 0 Å². The molecule has 0 spiro atoms. The summed E-state index contributed by atoms with van der Waals surface area (Å²) in [6.07, 6.45) is 0. The van der Waals surface area contributed by atoms with Crippen LogP contribution in [0.2, 0.25) is 0 Å². The van der Waals surface area contributed by atoms with Crippen molar-refractivity contribution in [2.75, 3.05) is 0 Å². The zero-order valence-corrected chi connectivity index (χ0v) is 3.60. The van der Waals surface area contributed by atoms with Crippen molar-refractivity contribution in [3.8, 4) is 0 Å². The van der Waals surface area contributed by atoms with Crippen molar-refractivity contribution in [1.82, 2.24) is 0 Å². The second kappa shape index (κ2) is 3.43. The third-order valence-electron chi connectivity index (χ3n) is 0.134. The van der Waals surface area contributed by atoms with Gasteiger partial charge in [0.2, 0.25) is 0 Å². The van der Waals surface area contributed by atoms with Crippen LogP contribution in [-0.2, 0) is 14.6 Å². The Labute approximate surface area is 53.4 Å². The van der Waals surface area contributed by atoms with Gasteiger partial charge in [0, 0.05) is 0 Å². The number of hydrogen-bond donors (Lipinski definition) is 2. The molecule has 0 aliphatic heterocycles. The van der Waals surface area contributed by atoms with E-state index in [0.717, 1.165) is 0 Å². The molecule has 0 aromatic heterocycles. The topological polar surface area (TPSA) is 95.4 Å². The zero-order chi connectivity index (χ0) is 5.21. The van der Waals surface area contributed by atoms with Crippen LogP contribution in [0.25, 0.3) is 0 Å². The first-order valence-corrected chi connectivity index (χ1v) is 2.44. The van der Waals surface area contributed by atoms with Gasteiger partial charge in [-0.25, -0.2) is 5.14 Å². The summed E-state index contributed by atoms with van der Waals surface area (Å²) in [7, 11) is -3.88. The number of rotatable bonds is 1. The van der Waals surface area contributed by atoms with Crippen LogP contribution in [0.4, 0.5) is 0 Å². The summed E-state index contributed by atoms with van der Waals surface area (Å²) in [6, 6.07) is 0. The Balaban J connectivity index is 0. The molecule has 0 aliphatic carbocycles. The van der Waals surface area contributed by atoms with E-state index in [1.165, 1.54) is 0 Å². The molecular weight excluding hydrogens is 115 g/mol. The van der Waals surface area contributed by atoms with E-state index in [2.05, 4.69) is 15.3 Å². The molecule has 0 aliphatic rings. The Morgan fingerprint density at radius 1 is 1.43 bits per heavy atom. The molecule has 40 valence electrons. The van der Waals surface area contributed by atoms with E-state index in [-0.39, 0.29) is 18.9 Å². The van der Waals surface area contributed by atoms with Crippen LogP contribution in [0.15, 0.2) is 0 Å². The van der Waals surface area contributed by atoms with Crippen LogP contribution < -0.4 is 11.0 Å². The normalized spacial score (nSPS) is 10.0. The van der Waals surface area contributed by atoms with Crippen molar-refractivity contribution in [3.05, 3.63) is 0 Å². The van der Waals surface area contributed by atoms with E-state index in [1.807, 2.05) is 0 Å².